The number of nitrogens with zero attached hydrogens (tertiary/aromatic N) is 1. The molecular weight excluding hydrogens is 426 g/mol. The number of carbonyl (C=O) groups is 2. The molecule has 0 aromatic heterocycles. The van der Waals surface area contributed by atoms with E-state index in [0.29, 0.717) is 17.3 Å². The van der Waals surface area contributed by atoms with Crippen molar-refractivity contribution in [2.75, 3.05) is 12.4 Å². The number of carboxylic acids is 1. The molecule has 0 saturated carbocycles. The molecule has 1 heterocycles. The molecular formula is C25H23NO5S. The number of hydrogen-bond donors (Lipinski definition) is 1. The van der Waals surface area contributed by atoms with Gasteiger partial charge in [0.05, 0.1) is 6.61 Å². The van der Waals surface area contributed by atoms with Crippen molar-refractivity contribution in [3.05, 3.63) is 96.1 Å². The number of thioether (sulfide) groups is 1. The quantitative estimate of drug-likeness (QED) is 0.536. The Labute approximate surface area is 190 Å². The number of carbonyl (C=O) groups excluding carboxylic acids is 1. The van der Waals surface area contributed by atoms with Crippen LogP contribution in [0.15, 0.2) is 84.9 Å². The number of para-hydroxylation sites is 1. The van der Waals surface area contributed by atoms with E-state index < -0.39 is 17.4 Å². The molecule has 0 spiro atoms. The van der Waals surface area contributed by atoms with Crippen LogP contribution in [-0.2, 0) is 20.9 Å². The van der Waals surface area contributed by atoms with Gasteiger partial charge in [0.1, 0.15) is 29.5 Å². The van der Waals surface area contributed by atoms with Crippen molar-refractivity contribution in [3.63, 3.8) is 0 Å². The Morgan fingerprint density at radius 2 is 1.62 bits per heavy atom. The van der Waals surface area contributed by atoms with Crippen LogP contribution in [0.1, 0.15) is 16.5 Å². The molecule has 0 bridgehead atoms. The lowest BCUT2D eigenvalue weighted by molar-refractivity contribution is -0.151. The van der Waals surface area contributed by atoms with E-state index in [4.69, 9.17) is 9.47 Å². The molecule has 2 unspecified atom stereocenters. The topological polar surface area (TPSA) is 76.1 Å². The summed E-state index contributed by atoms with van der Waals surface area (Å²) in [6.45, 7) is 0.103. The van der Waals surface area contributed by atoms with Crippen LogP contribution in [-0.4, -0.2) is 40.3 Å². The molecule has 1 amide bonds. The van der Waals surface area contributed by atoms with Crippen molar-refractivity contribution in [1.82, 2.24) is 4.90 Å². The van der Waals surface area contributed by atoms with Crippen molar-refractivity contribution in [2.24, 2.45) is 0 Å². The number of amides is 1. The van der Waals surface area contributed by atoms with Crippen molar-refractivity contribution in [1.29, 1.82) is 0 Å². The van der Waals surface area contributed by atoms with E-state index in [1.807, 2.05) is 84.9 Å². The third kappa shape index (κ3) is 5.30. The molecule has 2 atom stereocenters. The fraction of sp³-hybridized carbons (Fsp3) is 0.200. The van der Waals surface area contributed by atoms with Crippen molar-refractivity contribution in [2.45, 2.75) is 18.0 Å². The van der Waals surface area contributed by atoms with E-state index in [1.165, 1.54) is 16.7 Å². The molecule has 0 radical (unpaired) electrons. The van der Waals surface area contributed by atoms with Gasteiger partial charge in [-0.15, -0.1) is 11.8 Å². The zero-order valence-corrected chi connectivity index (χ0v) is 18.1. The maximum Gasteiger partial charge on any atom is 0.327 e. The lowest BCUT2D eigenvalue weighted by atomic mass is 10.1. The fourth-order valence-electron chi connectivity index (χ4n) is 3.52. The maximum absolute atomic E-state index is 13.0. The molecule has 1 aliphatic rings. The van der Waals surface area contributed by atoms with Gasteiger partial charge in [-0.3, -0.25) is 4.79 Å². The van der Waals surface area contributed by atoms with Crippen LogP contribution in [0.25, 0.3) is 0 Å². The van der Waals surface area contributed by atoms with Crippen molar-refractivity contribution >= 4 is 23.6 Å². The Balaban J connectivity index is 1.48. The molecule has 7 heteroatoms. The highest BCUT2D eigenvalue weighted by molar-refractivity contribution is 7.99. The first kappa shape index (κ1) is 21.9. The second kappa shape index (κ2) is 10.3. The standard InChI is InChI=1S/C25H23NO5S/c27-23(16-30-15-18-8-3-1-4-9-18)26-22(25(28)29)17-32-24(26)19-10-7-13-21(14-19)31-20-11-5-2-6-12-20/h1-14,22,24H,15-17H2,(H,28,29). The van der Waals surface area contributed by atoms with Crippen LogP contribution < -0.4 is 4.74 Å². The lowest BCUT2D eigenvalue weighted by Gasteiger charge is -2.27. The van der Waals surface area contributed by atoms with Gasteiger partial charge in [-0.1, -0.05) is 60.7 Å². The summed E-state index contributed by atoms with van der Waals surface area (Å²) in [6, 6.07) is 25.4. The second-order valence-electron chi connectivity index (χ2n) is 7.31. The zero-order chi connectivity index (χ0) is 22.3. The smallest absolute Gasteiger partial charge is 0.327 e. The van der Waals surface area contributed by atoms with Crippen LogP contribution >= 0.6 is 11.8 Å². The van der Waals surface area contributed by atoms with Gasteiger partial charge in [0, 0.05) is 5.75 Å². The fourth-order valence-corrected chi connectivity index (χ4v) is 4.95. The van der Waals surface area contributed by atoms with E-state index >= 15 is 0 Å². The summed E-state index contributed by atoms with van der Waals surface area (Å²) >= 11 is 1.43. The summed E-state index contributed by atoms with van der Waals surface area (Å²) in [5.74, 6) is 0.273. The zero-order valence-electron chi connectivity index (χ0n) is 17.3. The predicted octanol–water partition coefficient (Wildman–Crippen LogP) is 4.72. The number of aliphatic carboxylic acids is 1. The van der Waals surface area contributed by atoms with Crippen LogP contribution in [0.5, 0.6) is 11.5 Å². The minimum atomic E-state index is -1.02. The van der Waals surface area contributed by atoms with Gasteiger partial charge in [-0.2, -0.15) is 0 Å². The predicted molar refractivity (Wildman–Crippen MR) is 123 cm³/mol. The largest absolute Gasteiger partial charge is 0.480 e. The molecule has 4 rings (SSSR count). The highest BCUT2D eigenvalue weighted by Gasteiger charge is 2.42. The van der Waals surface area contributed by atoms with E-state index in [9.17, 15) is 14.7 Å². The second-order valence-corrected chi connectivity index (χ2v) is 8.42. The Bertz CT molecular complexity index is 1060. The van der Waals surface area contributed by atoms with Crippen LogP contribution in [0.3, 0.4) is 0 Å². The minimum Gasteiger partial charge on any atom is -0.480 e. The van der Waals surface area contributed by atoms with Gasteiger partial charge in [-0.05, 0) is 35.4 Å². The molecule has 1 saturated heterocycles. The molecule has 3 aromatic rings. The normalized spacial score (nSPS) is 17.8. The van der Waals surface area contributed by atoms with Gasteiger partial charge >= 0.3 is 5.97 Å². The Hall–Kier alpha value is -3.29. The average Bonchev–Trinajstić information content (AvgIpc) is 3.26. The summed E-state index contributed by atoms with van der Waals surface area (Å²) in [7, 11) is 0. The first-order chi connectivity index (χ1) is 15.6. The number of rotatable bonds is 8. The minimum absolute atomic E-state index is 0.185. The van der Waals surface area contributed by atoms with Gasteiger partial charge in [0.15, 0.2) is 0 Å². The monoisotopic (exact) mass is 449 g/mol. The number of benzene rings is 3. The van der Waals surface area contributed by atoms with Crippen molar-refractivity contribution < 1.29 is 24.2 Å². The number of ether oxygens (including phenoxy) is 2. The first-order valence-electron chi connectivity index (χ1n) is 10.2. The first-order valence-corrected chi connectivity index (χ1v) is 11.3. The summed E-state index contributed by atoms with van der Waals surface area (Å²) in [5.41, 5.74) is 1.76. The summed E-state index contributed by atoms with van der Waals surface area (Å²) < 4.78 is 11.5. The van der Waals surface area contributed by atoms with E-state index in [-0.39, 0.29) is 19.1 Å². The molecule has 32 heavy (non-hydrogen) atoms. The van der Waals surface area contributed by atoms with Gasteiger partial charge in [-0.25, -0.2) is 4.79 Å². The SMILES string of the molecule is O=C(O)C1CSC(c2cccc(Oc3ccccc3)c2)N1C(=O)COCc1ccccc1. The molecule has 1 N–H and O–H groups in total. The van der Waals surface area contributed by atoms with Crippen LogP contribution in [0.4, 0.5) is 0 Å². The number of hydrogen-bond acceptors (Lipinski definition) is 5. The average molecular weight is 450 g/mol. The summed E-state index contributed by atoms with van der Waals surface area (Å²) in [6.07, 6.45) is 0. The van der Waals surface area contributed by atoms with E-state index in [1.54, 1.807) is 0 Å². The molecule has 164 valence electrons. The molecule has 3 aromatic carbocycles. The Morgan fingerprint density at radius 1 is 0.938 bits per heavy atom. The highest BCUT2D eigenvalue weighted by Crippen LogP contribution is 2.42. The van der Waals surface area contributed by atoms with Crippen LogP contribution in [0, 0.1) is 0 Å². The van der Waals surface area contributed by atoms with E-state index in [0.717, 1.165) is 11.1 Å². The third-order valence-corrected chi connectivity index (χ3v) is 6.36. The van der Waals surface area contributed by atoms with Crippen molar-refractivity contribution in [3.8, 4) is 11.5 Å². The van der Waals surface area contributed by atoms with Gasteiger partial charge in [0.25, 0.3) is 5.91 Å². The molecule has 1 aliphatic heterocycles. The van der Waals surface area contributed by atoms with Crippen LogP contribution in [0.2, 0.25) is 0 Å². The number of carboxylic acid groups (broad SMARTS) is 1. The molecule has 0 aliphatic carbocycles. The lowest BCUT2D eigenvalue weighted by Crippen LogP contribution is -2.44. The summed E-state index contributed by atoms with van der Waals surface area (Å²) in [5, 5.41) is 9.25. The van der Waals surface area contributed by atoms with Gasteiger partial charge < -0.3 is 19.5 Å². The third-order valence-electron chi connectivity index (χ3n) is 5.03. The van der Waals surface area contributed by atoms with Gasteiger partial charge in [0.2, 0.25) is 0 Å². The summed E-state index contributed by atoms with van der Waals surface area (Å²) in [4.78, 5) is 26.2. The molecule has 6 nitrogen and oxygen atoms in total. The highest BCUT2D eigenvalue weighted by atomic mass is 32.2. The van der Waals surface area contributed by atoms with E-state index in [2.05, 4.69) is 0 Å². The maximum atomic E-state index is 13.0. The Morgan fingerprint density at radius 3 is 2.34 bits per heavy atom. The Kier molecular flexibility index (Phi) is 7.09. The molecule has 1 fully saturated rings.